The molecule has 1 heterocycles. The number of rotatable bonds is 10. The highest BCUT2D eigenvalue weighted by Crippen LogP contribution is 2.35. The van der Waals surface area contributed by atoms with Gasteiger partial charge in [0, 0.05) is 29.6 Å². The van der Waals surface area contributed by atoms with Crippen LogP contribution in [0.25, 0.3) is 0 Å². The summed E-state index contributed by atoms with van der Waals surface area (Å²) in [6, 6.07) is 20.2. The third kappa shape index (κ3) is 8.17. The maximum Gasteiger partial charge on any atom is 0.244 e. The second-order valence-electron chi connectivity index (χ2n) is 11.2. The van der Waals surface area contributed by atoms with Crippen LogP contribution in [0.5, 0.6) is 11.5 Å². The molecule has 3 aromatic carbocycles. The highest BCUT2D eigenvalue weighted by molar-refractivity contribution is 7.92. The van der Waals surface area contributed by atoms with Crippen molar-refractivity contribution in [1.82, 2.24) is 10.2 Å². The van der Waals surface area contributed by atoms with E-state index in [4.69, 9.17) is 21.1 Å². The van der Waals surface area contributed by atoms with Gasteiger partial charge >= 0.3 is 0 Å². The first-order chi connectivity index (χ1) is 19.8. The summed E-state index contributed by atoms with van der Waals surface area (Å²) in [4.78, 5) is 29.4. The van der Waals surface area contributed by atoms with E-state index in [0.29, 0.717) is 35.3 Å². The van der Waals surface area contributed by atoms with E-state index >= 15 is 0 Å². The van der Waals surface area contributed by atoms with Crippen LogP contribution in [0.3, 0.4) is 0 Å². The van der Waals surface area contributed by atoms with E-state index in [0.717, 1.165) is 16.1 Å². The summed E-state index contributed by atoms with van der Waals surface area (Å²) in [5.41, 5.74) is 1.14. The van der Waals surface area contributed by atoms with E-state index < -0.39 is 34.1 Å². The molecule has 11 heteroatoms. The van der Waals surface area contributed by atoms with Crippen LogP contribution in [0.15, 0.2) is 72.8 Å². The largest absolute Gasteiger partial charge is 0.486 e. The molecular formula is C31H36ClN3O6S. The van der Waals surface area contributed by atoms with Crippen molar-refractivity contribution < 1.29 is 27.5 Å². The van der Waals surface area contributed by atoms with Crippen molar-refractivity contribution in [2.45, 2.75) is 45.3 Å². The van der Waals surface area contributed by atoms with Gasteiger partial charge in [-0.1, -0.05) is 60.1 Å². The molecule has 0 saturated carbocycles. The predicted octanol–water partition coefficient (Wildman–Crippen LogP) is 4.43. The van der Waals surface area contributed by atoms with Crippen molar-refractivity contribution in [3.05, 3.63) is 88.9 Å². The molecule has 0 radical (unpaired) electrons. The van der Waals surface area contributed by atoms with Gasteiger partial charge in [-0.05, 0) is 50.1 Å². The molecule has 0 aliphatic carbocycles. The number of carbonyl (C=O) groups is 2. The zero-order chi connectivity index (χ0) is 30.5. The summed E-state index contributed by atoms with van der Waals surface area (Å²) in [6.45, 7) is 5.73. The Balaban J connectivity index is 1.75. The van der Waals surface area contributed by atoms with Gasteiger partial charge in [0.2, 0.25) is 21.8 Å². The molecule has 0 saturated heterocycles. The lowest BCUT2D eigenvalue weighted by molar-refractivity contribution is -0.140. The average molecular weight is 614 g/mol. The molecule has 0 spiro atoms. The molecule has 4 rings (SSSR count). The molecule has 0 aromatic heterocycles. The molecule has 0 fully saturated rings. The molecule has 42 heavy (non-hydrogen) atoms. The Hall–Kier alpha value is -3.76. The summed E-state index contributed by atoms with van der Waals surface area (Å²) in [7, 11) is -3.92. The second kappa shape index (κ2) is 13.0. The molecule has 1 aliphatic heterocycles. The highest BCUT2D eigenvalue weighted by atomic mass is 35.5. The lowest BCUT2D eigenvalue weighted by Gasteiger charge is -2.35. The first-order valence-corrected chi connectivity index (χ1v) is 15.8. The maximum absolute atomic E-state index is 14.2. The van der Waals surface area contributed by atoms with Crippen molar-refractivity contribution in [3.63, 3.8) is 0 Å². The van der Waals surface area contributed by atoms with Crippen LogP contribution in [0.2, 0.25) is 5.02 Å². The zero-order valence-corrected chi connectivity index (χ0v) is 25.7. The van der Waals surface area contributed by atoms with Crippen LogP contribution in [0.4, 0.5) is 5.69 Å². The Morgan fingerprint density at radius 3 is 2.24 bits per heavy atom. The summed E-state index contributed by atoms with van der Waals surface area (Å²) in [5.74, 6) is -0.0524. The zero-order valence-electron chi connectivity index (χ0n) is 24.2. The molecule has 224 valence electrons. The van der Waals surface area contributed by atoms with Crippen molar-refractivity contribution >= 4 is 39.1 Å². The van der Waals surface area contributed by atoms with Crippen LogP contribution in [-0.4, -0.2) is 62.7 Å². The molecule has 9 nitrogen and oxygen atoms in total. The maximum atomic E-state index is 14.2. The smallest absolute Gasteiger partial charge is 0.244 e. The number of hydrogen-bond donors (Lipinski definition) is 1. The Morgan fingerprint density at radius 2 is 1.60 bits per heavy atom. The summed E-state index contributed by atoms with van der Waals surface area (Å²) < 4.78 is 38.3. The normalized spacial score (nSPS) is 13.6. The number of sulfonamides is 1. The topological polar surface area (TPSA) is 105 Å². The SMILES string of the molecule is CC(C)(C)NC(=O)[C@H](Cc1ccccc1)N(Cc1ccccc1Cl)C(=O)CN(c1ccc2c(c1)OCCO2)S(C)(=O)=O. The van der Waals surface area contributed by atoms with E-state index in [2.05, 4.69) is 5.32 Å². The van der Waals surface area contributed by atoms with Crippen LogP contribution in [-0.2, 0) is 32.6 Å². The number of nitrogens with zero attached hydrogens (tertiary/aromatic N) is 2. The fraction of sp³-hybridized carbons (Fsp3) is 0.355. The van der Waals surface area contributed by atoms with Gasteiger partial charge in [0.15, 0.2) is 11.5 Å². The summed E-state index contributed by atoms with van der Waals surface area (Å²) in [6.07, 6.45) is 1.24. The number of fused-ring (bicyclic) bond motifs is 1. The monoisotopic (exact) mass is 613 g/mol. The number of carbonyl (C=O) groups excluding carboxylic acids is 2. The van der Waals surface area contributed by atoms with E-state index in [9.17, 15) is 18.0 Å². The second-order valence-corrected chi connectivity index (χ2v) is 13.5. The predicted molar refractivity (Wildman–Crippen MR) is 163 cm³/mol. The van der Waals surface area contributed by atoms with Gasteiger partial charge in [-0.2, -0.15) is 0 Å². The third-order valence-electron chi connectivity index (χ3n) is 6.56. The van der Waals surface area contributed by atoms with E-state index in [1.54, 1.807) is 36.4 Å². The Morgan fingerprint density at radius 1 is 0.952 bits per heavy atom. The highest BCUT2D eigenvalue weighted by Gasteiger charge is 2.35. The van der Waals surface area contributed by atoms with Crippen LogP contribution < -0.4 is 19.1 Å². The lowest BCUT2D eigenvalue weighted by Crippen LogP contribution is -2.56. The standard InChI is InChI=1S/C31H36ClN3O6S/c1-31(2,3)33-30(37)26(18-22-10-6-5-7-11-22)34(20-23-12-8-9-13-25(23)32)29(36)21-35(42(4,38)39)24-14-15-27-28(19-24)41-17-16-40-27/h5-15,19,26H,16-18,20-21H2,1-4H3,(H,33,37)/t26-/m0/s1. The van der Waals surface area contributed by atoms with Gasteiger partial charge in [-0.3, -0.25) is 13.9 Å². The number of nitrogens with one attached hydrogen (secondary N) is 1. The van der Waals surface area contributed by atoms with Crippen LogP contribution in [0, 0.1) is 0 Å². The minimum Gasteiger partial charge on any atom is -0.486 e. The molecule has 1 N–H and O–H groups in total. The summed E-state index contributed by atoms with van der Waals surface area (Å²) in [5, 5.41) is 3.42. The van der Waals surface area contributed by atoms with Gasteiger partial charge < -0.3 is 19.7 Å². The molecule has 2 amide bonds. The molecule has 1 aliphatic rings. The Kier molecular flexibility index (Phi) is 9.68. The fourth-order valence-corrected chi connectivity index (χ4v) is 5.65. The van der Waals surface area contributed by atoms with Gasteiger partial charge in [0.1, 0.15) is 25.8 Å². The minimum absolute atomic E-state index is 0.00763. The molecule has 3 aromatic rings. The number of ether oxygens (including phenoxy) is 2. The lowest BCUT2D eigenvalue weighted by atomic mass is 10.0. The van der Waals surface area contributed by atoms with E-state index in [-0.39, 0.29) is 24.6 Å². The van der Waals surface area contributed by atoms with Gasteiger partial charge in [-0.15, -0.1) is 0 Å². The molecular weight excluding hydrogens is 578 g/mol. The average Bonchev–Trinajstić information content (AvgIpc) is 2.93. The minimum atomic E-state index is -3.92. The third-order valence-corrected chi connectivity index (χ3v) is 8.07. The van der Waals surface area contributed by atoms with Crippen molar-refractivity contribution in [3.8, 4) is 11.5 Å². The quantitative estimate of drug-likeness (QED) is 0.363. The number of anilines is 1. The Bertz CT molecular complexity index is 1530. The van der Waals surface area contributed by atoms with E-state index in [1.165, 1.54) is 11.0 Å². The van der Waals surface area contributed by atoms with Crippen LogP contribution in [0.1, 0.15) is 31.9 Å². The first-order valence-electron chi connectivity index (χ1n) is 13.6. The molecule has 0 unspecified atom stereocenters. The number of halogens is 1. The Labute approximate surface area is 252 Å². The van der Waals surface area contributed by atoms with E-state index in [1.807, 2.05) is 51.1 Å². The molecule has 1 atom stereocenters. The number of benzene rings is 3. The van der Waals surface area contributed by atoms with Gasteiger partial charge in [-0.25, -0.2) is 8.42 Å². The van der Waals surface area contributed by atoms with Gasteiger partial charge in [0.25, 0.3) is 0 Å². The number of hydrogen-bond acceptors (Lipinski definition) is 6. The fourth-order valence-electron chi connectivity index (χ4n) is 4.62. The number of amides is 2. The molecule has 0 bridgehead atoms. The van der Waals surface area contributed by atoms with Crippen molar-refractivity contribution in [1.29, 1.82) is 0 Å². The first kappa shape index (κ1) is 31.2. The van der Waals surface area contributed by atoms with Gasteiger partial charge in [0.05, 0.1) is 11.9 Å². The van der Waals surface area contributed by atoms with Crippen molar-refractivity contribution in [2.24, 2.45) is 0 Å². The van der Waals surface area contributed by atoms with Crippen LogP contribution >= 0.6 is 11.6 Å². The summed E-state index contributed by atoms with van der Waals surface area (Å²) >= 11 is 6.50. The van der Waals surface area contributed by atoms with Crippen molar-refractivity contribution in [2.75, 3.05) is 30.3 Å².